The van der Waals surface area contributed by atoms with Crippen LogP contribution in [-0.4, -0.2) is 65.8 Å². The molecule has 2 aromatic carbocycles. The Morgan fingerprint density at radius 1 is 0.755 bits per heavy atom. The van der Waals surface area contributed by atoms with Crippen LogP contribution in [0.15, 0.2) is 67.3 Å². The Morgan fingerprint density at radius 3 is 1.92 bits per heavy atom. The van der Waals surface area contributed by atoms with Crippen molar-refractivity contribution in [3.05, 3.63) is 78.4 Å². The number of rotatable bonds is 16. The van der Waals surface area contributed by atoms with Crippen LogP contribution in [0, 0.1) is 5.92 Å². The van der Waals surface area contributed by atoms with Gasteiger partial charge >= 0.3 is 18.0 Å². The fourth-order valence-corrected chi connectivity index (χ4v) is 4.41. The molecule has 0 spiro atoms. The Balaban J connectivity index is 2.36. The van der Waals surface area contributed by atoms with Crippen molar-refractivity contribution in [3.63, 3.8) is 0 Å². The average molecular weight is 682 g/mol. The normalized spacial score (nSPS) is 13.2. The largest absolute Gasteiger partial charge is 0.488 e. The molecule has 0 fully saturated rings. The van der Waals surface area contributed by atoms with E-state index in [4.69, 9.17) is 18.9 Å². The van der Waals surface area contributed by atoms with Gasteiger partial charge in [0.15, 0.2) is 0 Å². The van der Waals surface area contributed by atoms with Gasteiger partial charge in [0.25, 0.3) is 0 Å². The molecule has 3 amide bonds. The summed E-state index contributed by atoms with van der Waals surface area (Å²) in [5.41, 5.74) is 0.0924. The number of amides is 3. The number of nitrogens with one attached hydrogen (secondary N) is 3. The summed E-state index contributed by atoms with van der Waals surface area (Å²) in [6.07, 6.45) is -0.0835. The van der Waals surface area contributed by atoms with Gasteiger partial charge in [0.05, 0.1) is 6.42 Å². The number of benzene rings is 2. The molecule has 0 saturated carbocycles. The Hall–Kier alpha value is -4.87. The minimum absolute atomic E-state index is 0.00248. The molecule has 2 rings (SSSR count). The number of alkyl carbamates (subject to hydrolysis) is 1. The fourth-order valence-electron chi connectivity index (χ4n) is 4.41. The molecule has 3 N–H and O–H groups in total. The molecular formula is C37H51N3O9. The van der Waals surface area contributed by atoms with Crippen LogP contribution in [0.1, 0.15) is 72.9 Å². The van der Waals surface area contributed by atoms with Crippen LogP contribution < -0.4 is 20.7 Å². The lowest BCUT2D eigenvalue weighted by Gasteiger charge is -2.27. The maximum Gasteiger partial charge on any atom is 0.408 e. The molecule has 0 radical (unpaired) electrons. The first-order chi connectivity index (χ1) is 22.9. The van der Waals surface area contributed by atoms with Crippen molar-refractivity contribution < 1.29 is 42.9 Å². The summed E-state index contributed by atoms with van der Waals surface area (Å²) in [4.78, 5) is 65.9. The number of carbonyl (C=O) groups is 5. The monoisotopic (exact) mass is 681 g/mol. The van der Waals surface area contributed by atoms with Crippen LogP contribution in [0.5, 0.6) is 5.75 Å². The number of hydrogen-bond acceptors (Lipinski definition) is 9. The zero-order chi connectivity index (χ0) is 36.8. The summed E-state index contributed by atoms with van der Waals surface area (Å²) in [5, 5.41) is 7.79. The van der Waals surface area contributed by atoms with Gasteiger partial charge in [-0.3, -0.25) is 14.4 Å². The van der Waals surface area contributed by atoms with Gasteiger partial charge in [0.2, 0.25) is 11.8 Å². The first-order valence-electron chi connectivity index (χ1n) is 16.2. The van der Waals surface area contributed by atoms with E-state index in [1.165, 1.54) is 6.08 Å². The molecule has 49 heavy (non-hydrogen) atoms. The molecule has 0 unspecified atom stereocenters. The van der Waals surface area contributed by atoms with Crippen molar-refractivity contribution in [2.24, 2.45) is 5.92 Å². The van der Waals surface area contributed by atoms with E-state index >= 15 is 0 Å². The van der Waals surface area contributed by atoms with Crippen LogP contribution in [0.4, 0.5) is 4.79 Å². The van der Waals surface area contributed by atoms with E-state index < -0.39 is 65.6 Å². The van der Waals surface area contributed by atoms with Gasteiger partial charge in [-0.05, 0) is 70.7 Å². The second kappa shape index (κ2) is 18.6. The molecule has 0 heterocycles. The molecule has 268 valence electrons. The Kier molecular flexibility index (Phi) is 15.3. The van der Waals surface area contributed by atoms with Crippen molar-refractivity contribution in [2.75, 3.05) is 6.61 Å². The van der Waals surface area contributed by atoms with Gasteiger partial charge in [-0.25, -0.2) is 9.59 Å². The van der Waals surface area contributed by atoms with Crippen LogP contribution in [-0.2, 0) is 46.4 Å². The van der Waals surface area contributed by atoms with Gasteiger partial charge in [0, 0.05) is 6.42 Å². The van der Waals surface area contributed by atoms with E-state index in [1.807, 2.05) is 26.8 Å². The van der Waals surface area contributed by atoms with E-state index in [-0.39, 0.29) is 25.6 Å². The summed E-state index contributed by atoms with van der Waals surface area (Å²) < 4.78 is 21.8. The van der Waals surface area contributed by atoms with E-state index in [0.29, 0.717) is 16.9 Å². The standard InChI is InChI=1S/C37H51N3O9/c1-10-20-46-34(44)31(24(2)3)40-33(43)28(21-25-16-18-27(19-17-25)48-36(4,5)6)38-32(42)29(22-30(41)49-37(7,8)9)39-35(45)47-23-26-14-12-11-13-15-26/h10-19,24,28-29,31H,1,20-23H2,2-9H3,(H,38,42)(H,39,45)(H,40,43)/t28-,29-,31-/m0/s1. The fraction of sp³-hybridized carbons (Fsp3) is 0.486. The van der Waals surface area contributed by atoms with Gasteiger partial charge in [-0.1, -0.05) is 69.0 Å². The van der Waals surface area contributed by atoms with Crippen molar-refractivity contribution in [3.8, 4) is 5.75 Å². The van der Waals surface area contributed by atoms with E-state index in [2.05, 4.69) is 22.5 Å². The minimum Gasteiger partial charge on any atom is -0.488 e. The average Bonchev–Trinajstić information content (AvgIpc) is 3.00. The first-order valence-corrected chi connectivity index (χ1v) is 16.2. The van der Waals surface area contributed by atoms with Crippen molar-refractivity contribution >= 4 is 29.8 Å². The quantitative estimate of drug-likeness (QED) is 0.129. The highest BCUT2D eigenvalue weighted by atomic mass is 16.6. The lowest BCUT2D eigenvalue weighted by atomic mass is 10.0. The summed E-state index contributed by atoms with van der Waals surface area (Å²) >= 11 is 0. The third-order valence-corrected chi connectivity index (χ3v) is 6.59. The SMILES string of the molecule is C=CCOC(=O)[C@@H](NC(=O)[C@H](Cc1ccc(OC(C)(C)C)cc1)NC(=O)[C@H](CC(=O)OC(C)(C)C)NC(=O)OCc1ccccc1)C(C)C. The molecule has 3 atom stereocenters. The molecule has 2 aromatic rings. The van der Waals surface area contributed by atoms with E-state index in [1.54, 1.807) is 83.1 Å². The highest BCUT2D eigenvalue weighted by molar-refractivity contribution is 5.94. The van der Waals surface area contributed by atoms with Crippen molar-refractivity contribution in [1.82, 2.24) is 16.0 Å². The molecule has 0 aliphatic heterocycles. The second-order valence-electron chi connectivity index (χ2n) is 13.8. The van der Waals surface area contributed by atoms with Gasteiger partial charge < -0.3 is 34.9 Å². The van der Waals surface area contributed by atoms with Gasteiger partial charge in [0.1, 0.15) is 48.3 Å². The topological polar surface area (TPSA) is 158 Å². The molecule has 12 nitrogen and oxygen atoms in total. The van der Waals surface area contributed by atoms with Crippen molar-refractivity contribution in [1.29, 1.82) is 0 Å². The highest BCUT2D eigenvalue weighted by Gasteiger charge is 2.33. The Labute approximate surface area is 289 Å². The molecular weight excluding hydrogens is 630 g/mol. The minimum atomic E-state index is -1.46. The van der Waals surface area contributed by atoms with Crippen LogP contribution in [0.2, 0.25) is 0 Å². The molecule has 0 aliphatic carbocycles. The lowest BCUT2D eigenvalue weighted by molar-refractivity contribution is -0.156. The van der Waals surface area contributed by atoms with Crippen LogP contribution in [0.3, 0.4) is 0 Å². The van der Waals surface area contributed by atoms with Gasteiger partial charge in [-0.2, -0.15) is 0 Å². The predicted molar refractivity (Wildman–Crippen MR) is 184 cm³/mol. The Bertz CT molecular complexity index is 1410. The number of esters is 2. The van der Waals surface area contributed by atoms with Gasteiger partial charge in [-0.15, -0.1) is 0 Å². The Morgan fingerprint density at radius 2 is 1.37 bits per heavy atom. The van der Waals surface area contributed by atoms with Crippen molar-refractivity contribution in [2.45, 2.75) is 104 Å². The molecule has 12 heteroatoms. The number of carbonyl (C=O) groups excluding carboxylic acids is 5. The molecule has 0 bridgehead atoms. The van der Waals surface area contributed by atoms with Crippen LogP contribution in [0.25, 0.3) is 0 Å². The predicted octanol–water partition coefficient (Wildman–Crippen LogP) is 4.79. The zero-order valence-corrected chi connectivity index (χ0v) is 29.8. The zero-order valence-electron chi connectivity index (χ0n) is 29.8. The highest BCUT2D eigenvalue weighted by Crippen LogP contribution is 2.20. The lowest BCUT2D eigenvalue weighted by Crippen LogP contribution is -2.57. The summed E-state index contributed by atoms with van der Waals surface area (Å²) in [5.74, 6) is -2.68. The third-order valence-electron chi connectivity index (χ3n) is 6.59. The van der Waals surface area contributed by atoms with E-state index in [0.717, 1.165) is 0 Å². The first kappa shape index (κ1) is 40.3. The van der Waals surface area contributed by atoms with Crippen LogP contribution >= 0.6 is 0 Å². The smallest absolute Gasteiger partial charge is 0.408 e. The summed E-state index contributed by atoms with van der Waals surface area (Å²) in [6, 6.07) is 12.2. The maximum atomic E-state index is 13.8. The molecule has 0 aliphatic rings. The summed E-state index contributed by atoms with van der Waals surface area (Å²) in [6.45, 7) is 17.7. The molecule has 0 saturated heterocycles. The number of hydrogen-bond donors (Lipinski definition) is 3. The molecule has 0 aromatic heterocycles. The summed E-state index contributed by atoms with van der Waals surface area (Å²) in [7, 11) is 0. The van der Waals surface area contributed by atoms with E-state index in [9.17, 15) is 24.0 Å². The maximum absolute atomic E-state index is 13.8. The number of ether oxygens (including phenoxy) is 4. The third kappa shape index (κ3) is 15.7. The second-order valence-corrected chi connectivity index (χ2v) is 13.8.